The fourth-order valence-electron chi connectivity index (χ4n) is 3.28. The standard InChI is InChI=1S/C23H18FN5O2/c1-2-30-16-9-7-15(8-10-16)20-11-17(31-28-20)13-29-14-22-21(12-25-29)26-23(27-22)18-5-3-4-6-19(18)24/h3-12,14H,2,13H2,1H3. The third kappa shape index (κ3) is 3.87. The van der Waals surface area contributed by atoms with Crippen molar-refractivity contribution in [3.63, 3.8) is 0 Å². The van der Waals surface area contributed by atoms with Gasteiger partial charge in [-0.15, -0.1) is 0 Å². The molecule has 0 spiro atoms. The lowest BCUT2D eigenvalue weighted by molar-refractivity contribution is 0.340. The van der Waals surface area contributed by atoms with Crippen LogP contribution in [0.1, 0.15) is 12.7 Å². The molecule has 2 aromatic carbocycles. The second-order valence-electron chi connectivity index (χ2n) is 6.90. The van der Waals surface area contributed by atoms with E-state index in [1.165, 1.54) is 6.07 Å². The van der Waals surface area contributed by atoms with Gasteiger partial charge in [-0.25, -0.2) is 14.4 Å². The minimum Gasteiger partial charge on any atom is -0.494 e. The van der Waals surface area contributed by atoms with Crippen molar-refractivity contribution in [2.24, 2.45) is 0 Å². The van der Waals surface area contributed by atoms with Crippen LogP contribution in [-0.2, 0) is 6.54 Å². The zero-order valence-corrected chi connectivity index (χ0v) is 16.7. The Morgan fingerprint density at radius 3 is 2.61 bits per heavy atom. The molecule has 0 N–H and O–H groups in total. The van der Waals surface area contributed by atoms with Crippen LogP contribution in [0.25, 0.3) is 34.0 Å². The summed E-state index contributed by atoms with van der Waals surface area (Å²) in [5.41, 5.74) is 3.25. The predicted molar refractivity (Wildman–Crippen MR) is 112 cm³/mol. The quantitative estimate of drug-likeness (QED) is 0.400. The summed E-state index contributed by atoms with van der Waals surface area (Å²) in [6, 6.07) is 16.0. The van der Waals surface area contributed by atoms with Crippen molar-refractivity contribution in [1.82, 2.24) is 24.9 Å². The first-order valence-corrected chi connectivity index (χ1v) is 9.83. The molecular formula is C23H18FN5O2. The van der Waals surface area contributed by atoms with Crippen molar-refractivity contribution < 1.29 is 13.7 Å². The van der Waals surface area contributed by atoms with Crippen LogP contribution in [0.5, 0.6) is 5.75 Å². The summed E-state index contributed by atoms with van der Waals surface area (Å²) in [5.74, 6) is 1.44. The van der Waals surface area contributed by atoms with Crippen LogP contribution in [0.4, 0.5) is 4.39 Å². The van der Waals surface area contributed by atoms with Gasteiger partial charge in [-0.1, -0.05) is 17.3 Å². The normalized spacial score (nSPS) is 11.2. The Kier molecular flexibility index (Phi) is 4.87. The molecule has 154 valence electrons. The highest BCUT2D eigenvalue weighted by Gasteiger charge is 2.16. The molecule has 31 heavy (non-hydrogen) atoms. The molecule has 0 unspecified atom stereocenters. The van der Waals surface area contributed by atoms with Crippen LogP contribution in [0.15, 0.2) is 71.5 Å². The van der Waals surface area contributed by atoms with Gasteiger partial charge in [0.05, 0.1) is 24.6 Å². The lowest BCUT2D eigenvalue weighted by Crippen LogP contribution is -2.04. The molecular weight excluding hydrogens is 397 g/mol. The number of ether oxygens (including phenoxy) is 1. The molecule has 0 fully saturated rings. The van der Waals surface area contributed by atoms with E-state index >= 15 is 0 Å². The number of benzene rings is 2. The summed E-state index contributed by atoms with van der Waals surface area (Å²) in [4.78, 5) is 8.84. The Balaban J connectivity index is 1.36. The maximum Gasteiger partial charge on any atom is 0.163 e. The maximum absolute atomic E-state index is 14.0. The van der Waals surface area contributed by atoms with Gasteiger partial charge < -0.3 is 9.26 Å². The molecule has 0 radical (unpaired) electrons. The van der Waals surface area contributed by atoms with Gasteiger partial charge in [-0.2, -0.15) is 5.10 Å². The molecule has 0 saturated carbocycles. The topological polar surface area (TPSA) is 78.9 Å². The predicted octanol–water partition coefficient (Wildman–Crippen LogP) is 4.69. The van der Waals surface area contributed by atoms with Crippen molar-refractivity contribution in [2.45, 2.75) is 13.5 Å². The van der Waals surface area contributed by atoms with E-state index in [4.69, 9.17) is 9.26 Å². The van der Waals surface area contributed by atoms with Gasteiger partial charge in [-0.3, -0.25) is 4.68 Å². The number of aromatic nitrogens is 5. The molecule has 2 aliphatic rings. The van der Waals surface area contributed by atoms with E-state index in [2.05, 4.69) is 20.2 Å². The molecule has 0 aliphatic carbocycles. The molecule has 0 bridgehead atoms. The Morgan fingerprint density at radius 1 is 1.00 bits per heavy atom. The molecule has 3 aromatic rings. The van der Waals surface area contributed by atoms with Crippen LogP contribution in [0.2, 0.25) is 0 Å². The number of nitrogens with zero attached hydrogens (tertiary/aromatic N) is 5. The average Bonchev–Trinajstić information content (AvgIpc) is 3.42. The Hall–Kier alpha value is -4.07. The summed E-state index contributed by atoms with van der Waals surface area (Å²) >= 11 is 0. The second kappa shape index (κ2) is 7.98. The largest absolute Gasteiger partial charge is 0.494 e. The minimum atomic E-state index is -0.359. The average molecular weight is 415 g/mol. The number of fused-ring (bicyclic) bond motifs is 1. The molecule has 0 amide bonds. The molecule has 2 aliphatic heterocycles. The Morgan fingerprint density at radius 2 is 1.81 bits per heavy atom. The Bertz CT molecular complexity index is 1300. The monoisotopic (exact) mass is 415 g/mol. The van der Waals surface area contributed by atoms with E-state index < -0.39 is 0 Å². The summed E-state index contributed by atoms with van der Waals surface area (Å²) in [5, 5.41) is 8.51. The van der Waals surface area contributed by atoms with Gasteiger partial charge in [0.15, 0.2) is 11.6 Å². The van der Waals surface area contributed by atoms with E-state index in [1.807, 2.05) is 37.3 Å². The number of halogens is 1. The van der Waals surface area contributed by atoms with E-state index in [9.17, 15) is 4.39 Å². The van der Waals surface area contributed by atoms with Gasteiger partial charge in [0.1, 0.15) is 35.2 Å². The zero-order chi connectivity index (χ0) is 21.2. The van der Waals surface area contributed by atoms with E-state index in [0.717, 1.165) is 17.0 Å². The summed E-state index contributed by atoms with van der Waals surface area (Å²) in [6.45, 7) is 2.95. The Labute approximate surface area is 177 Å². The molecule has 7 nitrogen and oxygen atoms in total. The number of rotatable bonds is 6. The fraction of sp³-hybridized carbons (Fsp3) is 0.130. The first-order valence-electron chi connectivity index (χ1n) is 9.83. The smallest absolute Gasteiger partial charge is 0.163 e. The van der Waals surface area contributed by atoms with Gasteiger partial charge >= 0.3 is 0 Å². The highest BCUT2D eigenvalue weighted by Crippen LogP contribution is 2.26. The first-order chi connectivity index (χ1) is 15.2. The molecule has 5 rings (SSSR count). The third-order valence-electron chi connectivity index (χ3n) is 4.77. The van der Waals surface area contributed by atoms with Crippen molar-refractivity contribution >= 4 is 0 Å². The van der Waals surface area contributed by atoms with Crippen molar-refractivity contribution in [3.05, 3.63) is 78.6 Å². The maximum atomic E-state index is 14.0. The molecule has 0 saturated heterocycles. The van der Waals surface area contributed by atoms with Gasteiger partial charge in [0, 0.05) is 11.6 Å². The summed E-state index contributed by atoms with van der Waals surface area (Å²) < 4.78 is 26.7. The van der Waals surface area contributed by atoms with E-state index in [0.29, 0.717) is 41.7 Å². The number of hydrogen-bond donors (Lipinski definition) is 0. The molecule has 3 heterocycles. The molecule has 1 aromatic heterocycles. The lowest BCUT2D eigenvalue weighted by Gasteiger charge is -2.03. The summed E-state index contributed by atoms with van der Waals surface area (Å²) in [7, 11) is 0. The van der Waals surface area contributed by atoms with Crippen LogP contribution < -0.4 is 4.74 Å². The fourth-order valence-corrected chi connectivity index (χ4v) is 3.28. The van der Waals surface area contributed by atoms with Crippen LogP contribution in [0.3, 0.4) is 0 Å². The van der Waals surface area contributed by atoms with Crippen molar-refractivity contribution in [1.29, 1.82) is 0 Å². The highest BCUT2D eigenvalue weighted by atomic mass is 19.1. The zero-order valence-electron chi connectivity index (χ0n) is 16.7. The van der Waals surface area contributed by atoms with Gasteiger partial charge in [-0.05, 0) is 43.3 Å². The van der Waals surface area contributed by atoms with Gasteiger partial charge in [0.2, 0.25) is 0 Å². The molecule has 8 heteroatoms. The van der Waals surface area contributed by atoms with Crippen LogP contribution in [0, 0.1) is 5.82 Å². The van der Waals surface area contributed by atoms with Crippen LogP contribution >= 0.6 is 0 Å². The van der Waals surface area contributed by atoms with Crippen LogP contribution in [-0.4, -0.2) is 31.5 Å². The third-order valence-corrected chi connectivity index (χ3v) is 4.77. The number of hydrogen-bond acceptors (Lipinski definition) is 6. The molecule has 0 atom stereocenters. The highest BCUT2D eigenvalue weighted by molar-refractivity contribution is 5.65. The van der Waals surface area contributed by atoms with Crippen molar-refractivity contribution in [3.8, 4) is 39.8 Å². The summed E-state index contributed by atoms with van der Waals surface area (Å²) in [6.07, 6.45) is 3.36. The van der Waals surface area contributed by atoms with Gasteiger partial charge in [0.25, 0.3) is 0 Å². The minimum absolute atomic E-state index is 0.338. The van der Waals surface area contributed by atoms with E-state index in [-0.39, 0.29) is 5.82 Å². The first kappa shape index (κ1) is 18.9. The van der Waals surface area contributed by atoms with Crippen molar-refractivity contribution in [2.75, 3.05) is 6.61 Å². The SMILES string of the molecule is CCOc1ccc(-c2cc(Cn3cc4nc(-c5ccccc5F)nc-4cn3)on2)cc1. The number of imidazole rings is 1. The van der Waals surface area contributed by atoms with E-state index in [1.54, 1.807) is 35.3 Å². The lowest BCUT2D eigenvalue weighted by atomic mass is 10.1. The second-order valence-corrected chi connectivity index (χ2v) is 6.90.